The minimum absolute atomic E-state index is 0.0206. The predicted octanol–water partition coefficient (Wildman–Crippen LogP) is 4.27. The first-order chi connectivity index (χ1) is 16.1. The number of pyridine rings is 1. The number of para-hydroxylation sites is 1. The maximum atomic E-state index is 13.8. The molecule has 0 aliphatic rings. The van der Waals surface area contributed by atoms with Gasteiger partial charge in [0.2, 0.25) is 0 Å². The molecule has 1 aromatic heterocycles. The molecule has 4 N–H and O–H groups in total. The fourth-order valence-corrected chi connectivity index (χ4v) is 2.97. The fourth-order valence-electron chi connectivity index (χ4n) is 2.97. The standard InChI is InChI=1S/C23H20F4N4O3/c1-13-4-2-3-5-18(13)30-20-19(10-15(12-29-20)21(33)28-6-7-32)31-22(34)14-8-16(23(25,26)27)11-17(24)9-14/h2-5,8-12,32H,6-7H2,1H3,(H,28,33)(H,29,30)(H,31,34). The van der Waals surface area contributed by atoms with Gasteiger partial charge in [0.05, 0.1) is 23.4 Å². The smallest absolute Gasteiger partial charge is 0.395 e. The molecule has 34 heavy (non-hydrogen) atoms. The summed E-state index contributed by atoms with van der Waals surface area (Å²) in [5.74, 6) is -2.75. The molecule has 7 nitrogen and oxygen atoms in total. The van der Waals surface area contributed by atoms with Crippen LogP contribution >= 0.6 is 0 Å². The molecule has 0 fully saturated rings. The summed E-state index contributed by atoms with van der Waals surface area (Å²) in [4.78, 5) is 29.2. The molecule has 178 valence electrons. The van der Waals surface area contributed by atoms with E-state index in [1.807, 2.05) is 19.1 Å². The second-order valence-corrected chi connectivity index (χ2v) is 7.22. The minimum atomic E-state index is -4.85. The summed E-state index contributed by atoms with van der Waals surface area (Å²) in [5, 5.41) is 16.7. The highest BCUT2D eigenvalue weighted by molar-refractivity contribution is 6.07. The molecule has 0 unspecified atom stereocenters. The van der Waals surface area contributed by atoms with E-state index in [0.717, 1.165) is 5.56 Å². The number of benzene rings is 2. The molecule has 0 saturated heterocycles. The number of carbonyl (C=O) groups is 2. The normalized spacial score (nSPS) is 11.1. The van der Waals surface area contributed by atoms with E-state index in [1.54, 1.807) is 12.1 Å². The summed E-state index contributed by atoms with van der Waals surface area (Å²) >= 11 is 0. The van der Waals surface area contributed by atoms with Crippen molar-refractivity contribution in [1.82, 2.24) is 10.3 Å². The van der Waals surface area contributed by atoms with E-state index < -0.39 is 34.9 Å². The zero-order valence-corrected chi connectivity index (χ0v) is 17.8. The van der Waals surface area contributed by atoms with Crippen LogP contribution in [0.4, 0.5) is 34.8 Å². The summed E-state index contributed by atoms with van der Waals surface area (Å²) in [6, 6.07) is 9.89. The van der Waals surface area contributed by atoms with Gasteiger partial charge in [-0.3, -0.25) is 9.59 Å². The van der Waals surface area contributed by atoms with Crippen molar-refractivity contribution in [1.29, 1.82) is 0 Å². The zero-order valence-electron chi connectivity index (χ0n) is 17.8. The van der Waals surface area contributed by atoms with Gasteiger partial charge < -0.3 is 21.1 Å². The lowest BCUT2D eigenvalue weighted by Crippen LogP contribution is -2.26. The Labute approximate surface area is 191 Å². The Hall–Kier alpha value is -3.99. The van der Waals surface area contributed by atoms with E-state index in [2.05, 4.69) is 20.9 Å². The van der Waals surface area contributed by atoms with Gasteiger partial charge in [-0.2, -0.15) is 13.2 Å². The Balaban J connectivity index is 1.98. The third-order valence-electron chi connectivity index (χ3n) is 4.68. The molecule has 1 heterocycles. The molecular formula is C23H20F4N4O3. The summed E-state index contributed by atoms with van der Waals surface area (Å²) in [7, 11) is 0. The van der Waals surface area contributed by atoms with Crippen molar-refractivity contribution in [3.63, 3.8) is 0 Å². The molecule has 0 spiro atoms. The fraction of sp³-hybridized carbons (Fsp3) is 0.174. The third-order valence-corrected chi connectivity index (χ3v) is 4.68. The summed E-state index contributed by atoms with van der Waals surface area (Å²) in [5.41, 5.74) is -0.410. The number of aromatic nitrogens is 1. The molecule has 3 rings (SSSR count). The van der Waals surface area contributed by atoms with Gasteiger partial charge in [0.25, 0.3) is 11.8 Å². The van der Waals surface area contributed by atoms with Gasteiger partial charge in [0, 0.05) is 24.0 Å². The van der Waals surface area contributed by atoms with E-state index in [0.29, 0.717) is 17.8 Å². The molecule has 0 bridgehead atoms. The van der Waals surface area contributed by atoms with E-state index in [4.69, 9.17) is 5.11 Å². The van der Waals surface area contributed by atoms with E-state index in [1.165, 1.54) is 12.3 Å². The van der Waals surface area contributed by atoms with Crippen molar-refractivity contribution in [2.24, 2.45) is 0 Å². The van der Waals surface area contributed by atoms with Crippen molar-refractivity contribution in [3.8, 4) is 0 Å². The van der Waals surface area contributed by atoms with E-state index >= 15 is 0 Å². The van der Waals surface area contributed by atoms with Crippen LogP contribution in [0.15, 0.2) is 54.7 Å². The number of aryl methyl sites for hydroxylation is 1. The molecule has 0 atom stereocenters. The second kappa shape index (κ2) is 10.3. The van der Waals surface area contributed by atoms with Crippen molar-refractivity contribution < 1.29 is 32.3 Å². The number of amides is 2. The molecule has 0 aliphatic carbocycles. The Bertz CT molecular complexity index is 1220. The van der Waals surface area contributed by atoms with Crippen molar-refractivity contribution in [3.05, 3.63) is 82.8 Å². The van der Waals surface area contributed by atoms with Crippen LogP contribution < -0.4 is 16.0 Å². The second-order valence-electron chi connectivity index (χ2n) is 7.22. The van der Waals surface area contributed by atoms with Crippen molar-refractivity contribution in [2.75, 3.05) is 23.8 Å². The molecule has 0 aliphatic heterocycles. The Kier molecular flexibility index (Phi) is 7.47. The number of nitrogens with one attached hydrogen (secondary N) is 3. The van der Waals surface area contributed by atoms with Crippen LogP contribution in [0.3, 0.4) is 0 Å². The number of anilines is 3. The van der Waals surface area contributed by atoms with Gasteiger partial charge in [0.15, 0.2) is 5.82 Å². The highest BCUT2D eigenvalue weighted by atomic mass is 19.4. The highest BCUT2D eigenvalue weighted by Crippen LogP contribution is 2.31. The van der Waals surface area contributed by atoms with Gasteiger partial charge in [-0.25, -0.2) is 9.37 Å². The number of hydrogen-bond donors (Lipinski definition) is 4. The minimum Gasteiger partial charge on any atom is -0.395 e. The molecule has 2 amide bonds. The zero-order chi connectivity index (χ0) is 24.9. The molecule has 11 heteroatoms. The Morgan fingerprint density at radius 2 is 1.74 bits per heavy atom. The summed E-state index contributed by atoms with van der Waals surface area (Å²) < 4.78 is 52.9. The topological polar surface area (TPSA) is 103 Å². The first-order valence-corrected chi connectivity index (χ1v) is 9.99. The monoisotopic (exact) mass is 476 g/mol. The van der Waals surface area contributed by atoms with Crippen LogP contribution in [-0.4, -0.2) is 35.1 Å². The maximum absolute atomic E-state index is 13.8. The Morgan fingerprint density at radius 1 is 1.00 bits per heavy atom. The van der Waals surface area contributed by atoms with Gasteiger partial charge in [0.1, 0.15) is 5.82 Å². The quantitative estimate of drug-likeness (QED) is 0.382. The van der Waals surface area contributed by atoms with Crippen molar-refractivity contribution >= 4 is 29.0 Å². The maximum Gasteiger partial charge on any atom is 0.416 e. The summed E-state index contributed by atoms with van der Waals surface area (Å²) in [6.07, 6.45) is -3.62. The lowest BCUT2D eigenvalue weighted by molar-refractivity contribution is -0.137. The first-order valence-electron chi connectivity index (χ1n) is 9.99. The number of rotatable bonds is 7. The van der Waals surface area contributed by atoms with Crippen LogP contribution in [0, 0.1) is 12.7 Å². The predicted molar refractivity (Wildman–Crippen MR) is 117 cm³/mol. The molecular weight excluding hydrogens is 456 g/mol. The van der Waals surface area contributed by atoms with Crippen LogP contribution in [0.2, 0.25) is 0 Å². The lowest BCUT2D eigenvalue weighted by atomic mass is 10.1. The van der Waals surface area contributed by atoms with Crippen molar-refractivity contribution in [2.45, 2.75) is 13.1 Å². The number of halogens is 4. The van der Waals surface area contributed by atoms with Gasteiger partial charge in [-0.05, 0) is 42.8 Å². The Morgan fingerprint density at radius 3 is 2.41 bits per heavy atom. The van der Waals surface area contributed by atoms with E-state index in [9.17, 15) is 27.2 Å². The number of nitrogens with zero attached hydrogens (tertiary/aromatic N) is 1. The van der Waals surface area contributed by atoms with Crippen LogP contribution in [0.1, 0.15) is 31.8 Å². The number of alkyl halides is 3. The average molecular weight is 476 g/mol. The van der Waals surface area contributed by atoms with Crippen LogP contribution in [0.25, 0.3) is 0 Å². The first kappa shape index (κ1) is 24.6. The van der Waals surface area contributed by atoms with Gasteiger partial charge in [-0.15, -0.1) is 0 Å². The van der Waals surface area contributed by atoms with Gasteiger partial charge in [-0.1, -0.05) is 18.2 Å². The molecule has 2 aromatic carbocycles. The molecule has 0 radical (unpaired) electrons. The summed E-state index contributed by atoms with van der Waals surface area (Å²) in [6.45, 7) is 1.51. The number of aliphatic hydroxyl groups excluding tert-OH is 1. The van der Waals surface area contributed by atoms with Gasteiger partial charge >= 0.3 is 6.18 Å². The van der Waals surface area contributed by atoms with Crippen LogP contribution in [0.5, 0.6) is 0 Å². The average Bonchev–Trinajstić information content (AvgIpc) is 2.79. The highest BCUT2D eigenvalue weighted by Gasteiger charge is 2.32. The third kappa shape index (κ3) is 6.07. The number of carbonyl (C=O) groups excluding carboxylic acids is 2. The lowest BCUT2D eigenvalue weighted by Gasteiger charge is -2.15. The molecule has 3 aromatic rings. The van der Waals surface area contributed by atoms with Crippen LogP contribution in [-0.2, 0) is 6.18 Å². The SMILES string of the molecule is Cc1ccccc1Nc1ncc(C(=O)NCCO)cc1NC(=O)c1cc(F)cc(C(F)(F)F)c1. The number of aliphatic hydroxyl groups is 1. The number of hydrogen-bond acceptors (Lipinski definition) is 5. The molecule has 0 saturated carbocycles. The van der Waals surface area contributed by atoms with E-state index in [-0.39, 0.29) is 36.3 Å². The largest absolute Gasteiger partial charge is 0.416 e.